The van der Waals surface area contributed by atoms with Gasteiger partial charge in [-0.05, 0) is 174 Å². The van der Waals surface area contributed by atoms with Crippen LogP contribution < -0.4 is 0 Å². The van der Waals surface area contributed by atoms with Crippen molar-refractivity contribution in [1.29, 1.82) is 0 Å². The monoisotopic (exact) mass is 982 g/mol. The fourth-order valence-electron chi connectivity index (χ4n) is 14.3. The molecule has 0 N–H and O–H groups in total. The van der Waals surface area contributed by atoms with Crippen LogP contribution in [0.4, 0.5) is 0 Å². The van der Waals surface area contributed by atoms with E-state index in [9.17, 15) is 0 Å². The molecule has 0 aliphatic rings. The van der Waals surface area contributed by atoms with Gasteiger partial charge in [-0.15, -0.1) is 0 Å². The predicted molar refractivity (Wildman–Crippen MR) is 336 cm³/mol. The van der Waals surface area contributed by atoms with E-state index in [2.05, 4.69) is 279 Å². The molecule has 0 saturated heterocycles. The summed E-state index contributed by atoms with van der Waals surface area (Å²) < 4.78 is 0. The summed E-state index contributed by atoms with van der Waals surface area (Å²) in [5.41, 5.74) is 14.5. The van der Waals surface area contributed by atoms with Crippen LogP contribution in [0.15, 0.2) is 279 Å². The lowest BCUT2D eigenvalue weighted by molar-refractivity contribution is 1.63. The lowest BCUT2D eigenvalue weighted by Crippen LogP contribution is -2.02. The Morgan fingerprint density at radius 1 is 0.115 bits per heavy atom. The smallest absolute Gasteiger partial charge is 0.0000925 e. The van der Waals surface area contributed by atoms with Crippen LogP contribution in [0.1, 0.15) is 0 Å². The Kier molecular flexibility index (Phi) is 9.22. The maximum Gasteiger partial charge on any atom is -0.0000925 e. The summed E-state index contributed by atoms with van der Waals surface area (Å²) in [4.78, 5) is 0. The molecule has 0 aliphatic heterocycles. The normalized spacial score (nSPS) is 12.1. The molecule has 358 valence electrons. The molecule has 0 heteroatoms. The van der Waals surface area contributed by atoms with Gasteiger partial charge >= 0.3 is 0 Å². The highest BCUT2D eigenvalue weighted by Gasteiger charge is 2.33. The third-order valence-corrected chi connectivity index (χ3v) is 17.2. The summed E-state index contributed by atoms with van der Waals surface area (Å²) in [6, 6.07) is 105. The molecular formula is C78H46. The summed E-state index contributed by atoms with van der Waals surface area (Å²) in [7, 11) is 0. The fraction of sp³-hybridized carbons (Fsp3) is 0. The summed E-state index contributed by atoms with van der Waals surface area (Å²) >= 11 is 0. The minimum atomic E-state index is 1.17. The first-order valence-electron chi connectivity index (χ1n) is 27.3. The van der Waals surface area contributed by atoms with Crippen molar-refractivity contribution in [3.8, 4) is 66.8 Å². The van der Waals surface area contributed by atoms with Crippen molar-refractivity contribution in [2.45, 2.75) is 0 Å². The van der Waals surface area contributed by atoms with E-state index in [1.54, 1.807) is 0 Å². The molecule has 0 saturated carbocycles. The van der Waals surface area contributed by atoms with Crippen molar-refractivity contribution in [3.63, 3.8) is 0 Å². The largest absolute Gasteiger partial charge is 0.0622 e. The molecule has 0 radical (unpaired) electrons. The highest BCUT2D eigenvalue weighted by Crippen LogP contribution is 2.62. The van der Waals surface area contributed by atoms with Crippen molar-refractivity contribution in [1.82, 2.24) is 0 Å². The van der Waals surface area contributed by atoms with Gasteiger partial charge < -0.3 is 0 Å². The van der Waals surface area contributed by atoms with Gasteiger partial charge in [0.25, 0.3) is 0 Å². The number of hydrogen-bond acceptors (Lipinski definition) is 0. The minimum Gasteiger partial charge on any atom is -0.0622 e. The predicted octanol–water partition coefficient (Wildman–Crippen LogP) is 22.1. The average Bonchev–Trinajstić information content (AvgIpc) is 2.70. The lowest BCUT2D eigenvalue weighted by atomic mass is 9.72. The van der Waals surface area contributed by atoms with Gasteiger partial charge in [0, 0.05) is 0 Å². The average molecular weight is 983 g/mol. The third kappa shape index (κ3) is 5.95. The second kappa shape index (κ2) is 16.7. The zero-order valence-electron chi connectivity index (χ0n) is 42.6. The second-order valence-electron chi connectivity index (χ2n) is 21.2. The molecule has 0 amide bonds. The van der Waals surface area contributed by atoms with Crippen molar-refractivity contribution in [2.75, 3.05) is 0 Å². The highest BCUT2D eigenvalue weighted by molar-refractivity contribution is 6.48. The molecule has 0 spiro atoms. The molecule has 0 aromatic heterocycles. The molecule has 0 aliphatic carbocycles. The maximum absolute atomic E-state index is 2.41. The van der Waals surface area contributed by atoms with Gasteiger partial charge in [0.1, 0.15) is 0 Å². The van der Waals surface area contributed by atoms with Crippen LogP contribution in [0, 0.1) is 0 Å². The number of hydrogen-bond donors (Lipinski definition) is 0. The Balaban J connectivity index is 1.33. The van der Waals surface area contributed by atoms with Crippen molar-refractivity contribution >= 4 is 108 Å². The van der Waals surface area contributed by atoms with E-state index in [1.165, 1.54) is 174 Å². The van der Waals surface area contributed by atoms with Crippen LogP contribution in [0.3, 0.4) is 0 Å². The standard InChI is InChI=1S/C78H46/c1-7-23-47(24-8-1)65-71-57-39-19-35-53-43-44-54-36-20-40-58(62(54)61(53)57)72(71)66(48-25-9-2-10-26-48)76-70(52-33-17-6-18-34-52)78-68(50-29-13-4-14-30-50)74-60-42-22-38-56-46-45-55-37-21-41-59(63(55)64(56)60)73(74)67(49-27-11-3-12-28-49)77(78)69(75(65)76)51-31-15-5-16-32-51/h1-46H. The topological polar surface area (TPSA) is 0 Å². The van der Waals surface area contributed by atoms with Gasteiger partial charge in [0.05, 0.1) is 0 Å². The summed E-state index contributed by atoms with van der Waals surface area (Å²) in [5, 5.41) is 25.4. The van der Waals surface area contributed by atoms with E-state index in [1.807, 2.05) is 0 Å². The summed E-state index contributed by atoms with van der Waals surface area (Å²) in [5.74, 6) is 0. The summed E-state index contributed by atoms with van der Waals surface area (Å²) in [6.07, 6.45) is 0. The molecular weight excluding hydrogens is 937 g/mol. The number of fused-ring (bicyclic) bond motifs is 8. The van der Waals surface area contributed by atoms with Crippen LogP contribution in [-0.2, 0) is 0 Å². The SMILES string of the molecule is c1ccc(-c2c3c(-c4ccccc4)c4c5cccc6ccc7cccc(c4c(-c4ccccc4)c3c(-c3ccccc3)c3c(-c4ccccc4)c4c8cccc9ccc%10cccc(c4c(-c4ccccc4)c23)c%10c98)c7c65)cc1. The van der Waals surface area contributed by atoms with E-state index in [0.717, 1.165) is 0 Å². The number of benzene rings is 17. The van der Waals surface area contributed by atoms with Crippen LogP contribution in [0.5, 0.6) is 0 Å². The Labute approximate surface area is 451 Å². The fourth-order valence-corrected chi connectivity index (χ4v) is 14.3. The molecule has 0 nitrogen and oxygen atoms in total. The summed E-state index contributed by atoms with van der Waals surface area (Å²) in [6.45, 7) is 0. The van der Waals surface area contributed by atoms with E-state index >= 15 is 0 Å². The lowest BCUT2D eigenvalue weighted by Gasteiger charge is -2.30. The Morgan fingerprint density at radius 2 is 0.295 bits per heavy atom. The van der Waals surface area contributed by atoms with Crippen LogP contribution >= 0.6 is 0 Å². The van der Waals surface area contributed by atoms with Gasteiger partial charge in [-0.25, -0.2) is 0 Å². The minimum absolute atomic E-state index is 1.17. The van der Waals surface area contributed by atoms with E-state index in [4.69, 9.17) is 0 Å². The molecule has 0 bridgehead atoms. The molecule has 17 aromatic carbocycles. The van der Waals surface area contributed by atoms with Crippen molar-refractivity contribution in [3.05, 3.63) is 279 Å². The van der Waals surface area contributed by atoms with Crippen LogP contribution in [0.25, 0.3) is 174 Å². The first kappa shape index (κ1) is 43.1. The van der Waals surface area contributed by atoms with E-state index in [0.29, 0.717) is 0 Å². The van der Waals surface area contributed by atoms with Gasteiger partial charge in [-0.2, -0.15) is 0 Å². The highest BCUT2D eigenvalue weighted by atomic mass is 14.4. The molecule has 0 atom stereocenters. The van der Waals surface area contributed by atoms with Gasteiger partial charge in [0.2, 0.25) is 0 Å². The van der Waals surface area contributed by atoms with Gasteiger partial charge in [-0.1, -0.05) is 279 Å². The zero-order valence-corrected chi connectivity index (χ0v) is 42.6. The van der Waals surface area contributed by atoms with Crippen molar-refractivity contribution < 1.29 is 0 Å². The van der Waals surface area contributed by atoms with E-state index < -0.39 is 0 Å². The first-order valence-corrected chi connectivity index (χ1v) is 27.3. The molecule has 78 heavy (non-hydrogen) atoms. The third-order valence-electron chi connectivity index (χ3n) is 17.2. The van der Waals surface area contributed by atoms with Crippen molar-refractivity contribution in [2.24, 2.45) is 0 Å². The second-order valence-corrected chi connectivity index (χ2v) is 21.2. The molecule has 0 fully saturated rings. The van der Waals surface area contributed by atoms with Crippen LogP contribution in [0.2, 0.25) is 0 Å². The van der Waals surface area contributed by atoms with E-state index in [-0.39, 0.29) is 0 Å². The Morgan fingerprint density at radius 3 is 0.487 bits per heavy atom. The Hall–Kier alpha value is -10.1. The zero-order chi connectivity index (χ0) is 51.0. The molecule has 17 rings (SSSR count). The Bertz CT molecular complexity index is 4620. The molecule has 0 unspecified atom stereocenters. The maximum atomic E-state index is 2.41. The first-order chi connectivity index (χ1) is 38.8. The molecule has 0 heterocycles. The molecule has 17 aromatic rings. The van der Waals surface area contributed by atoms with Crippen LogP contribution in [-0.4, -0.2) is 0 Å². The number of rotatable bonds is 6. The van der Waals surface area contributed by atoms with Gasteiger partial charge in [-0.3, -0.25) is 0 Å². The van der Waals surface area contributed by atoms with Gasteiger partial charge in [0.15, 0.2) is 0 Å². The quantitative estimate of drug-likeness (QED) is 0.115.